The lowest BCUT2D eigenvalue weighted by molar-refractivity contribution is 0.0222. The number of nitrogens with zero attached hydrogens (tertiary/aromatic N) is 2. The number of halogens is 1. The van der Waals surface area contributed by atoms with Gasteiger partial charge in [0, 0.05) is 47.7 Å². The Balaban J connectivity index is 1.48. The van der Waals surface area contributed by atoms with Gasteiger partial charge < -0.3 is 24.4 Å². The molecule has 0 saturated heterocycles. The van der Waals surface area contributed by atoms with Gasteiger partial charge in [-0.25, -0.2) is 9.59 Å². The molecule has 0 aromatic heterocycles. The molecule has 1 unspecified atom stereocenters. The lowest BCUT2D eigenvalue weighted by Crippen LogP contribution is -2.35. The smallest absolute Gasteiger partial charge is 0.340 e. The van der Waals surface area contributed by atoms with E-state index in [1.54, 1.807) is 17.0 Å². The predicted molar refractivity (Wildman–Crippen MR) is 184 cm³/mol. The van der Waals surface area contributed by atoms with Crippen LogP contribution in [0.25, 0.3) is 0 Å². The first kappa shape index (κ1) is 30.2. The summed E-state index contributed by atoms with van der Waals surface area (Å²) in [4.78, 5) is 31.4. The van der Waals surface area contributed by atoms with Crippen molar-refractivity contribution in [1.29, 1.82) is 0 Å². The fourth-order valence-corrected chi connectivity index (χ4v) is 6.57. The third kappa shape index (κ3) is 5.11. The van der Waals surface area contributed by atoms with Crippen molar-refractivity contribution in [1.82, 2.24) is 0 Å². The number of amides is 2. The summed E-state index contributed by atoms with van der Waals surface area (Å²) in [5, 5.41) is 3.00. The van der Waals surface area contributed by atoms with Crippen molar-refractivity contribution < 1.29 is 23.8 Å². The molecule has 0 bridgehead atoms. The Kier molecular flexibility index (Phi) is 7.95. The summed E-state index contributed by atoms with van der Waals surface area (Å²) in [6, 6.07) is 34.7. The van der Waals surface area contributed by atoms with Crippen molar-refractivity contribution in [3.8, 4) is 17.2 Å². The number of hydrogen-bond donors (Lipinski definition) is 1. The van der Waals surface area contributed by atoms with Crippen LogP contribution in [-0.2, 0) is 10.3 Å². The van der Waals surface area contributed by atoms with E-state index in [-0.39, 0.29) is 6.07 Å². The number of anilines is 4. The van der Waals surface area contributed by atoms with Gasteiger partial charge in [0.25, 0.3) is 0 Å². The maximum Gasteiger partial charge on any atom is 0.340 e. The molecular formula is C38H32ClN3O5. The maximum atomic E-state index is 14.1. The number of ether oxygens (including phenoxy) is 3. The molecule has 2 amide bonds. The highest BCUT2D eigenvalue weighted by Gasteiger charge is 2.54. The molecule has 5 aromatic carbocycles. The van der Waals surface area contributed by atoms with Crippen LogP contribution in [0.3, 0.4) is 0 Å². The maximum absolute atomic E-state index is 14.1. The Bertz CT molecular complexity index is 1970. The van der Waals surface area contributed by atoms with Crippen LogP contribution >= 0.6 is 11.6 Å². The predicted octanol–water partition coefficient (Wildman–Crippen LogP) is 9.05. The second-order valence-corrected chi connectivity index (χ2v) is 11.3. The fraction of sp³-hybridized carbons (Fsp3) is 0.158. The number of para-hydroxylation sites is 2. The first-order valence-electron chi connectivity index (χ1n) is 15.5. The minimum absolute atomic E-state index is 0.184. The largest absolute Gasteiger partial charge is 0.474 e. The van der Waals surface area contributed by atoms with Crippen molar-refractivity contribution in [3.63, 3.8) is 0 Å². The summed E-state index contributed by atoms with van der Waals surface area (Å²) in [6.45, 7) is 5.80. The first-order chi connectivity index (χ1) is 23.0. The topological polar surface area (TPSA) is 80.3 Å². The minimum Gasteiger partial charge on any atom is -0.474 e. The molecule has 47 heavy (non-hydrogen) atoms. The number of carbonyl (C=O) groups excluding carboxylic acids is 2. The SMILES string of the molecule is CCN(CC)c1ccc2c(c1)Oc1c(OCCl)cc(N(C(=O)Nc3ccccc3)c3ccccc3)cc1C21OC(=O)c2ccccc21. The molecule has 1 atom stereocenters. The molecule has 2 aliphatic heterocycles. The van der Waals surface area contributed by atoms with E-state index in [1.807, 2.05) is 103 Å². The van der Waals surface area contributed by atoms with E-state index in [0.29, 0.717) is 56.6 Å². The van der Waals surface area contributed by atoms with Crippen molar-refractivity contribution in [2.75, 3.05) is 34.3 Å². The van der Waals surface area contributed by atoms with Crippen LogP contribution in [0.15, 0.2) is 115 Å². The Morgan fingerprint density at radius 1 is 0.787 bits per heavy atom. The van der Waals surface area contributed by atoms with Gasteiger partial charge in [-0.2, -0.15) is 0 Å². The van der Waals surface area contributed by atoms with Gasteiger partial charge in [0.15, 0.2) is 23.2 Å². The van der Waals surface area contributed by atoms with Crippen molar-refractivity contribution >= 4 is 46.4 Å². The third-order valence-electron chi connectivity index (χ3n) is 8.59. The normalized spacial score (nSPS) is 15.5. The van der Waals surface area contributed by atoms with Gasteiger partial charge in [0.1, 0.15) is 5.75 Å². The molecule has 0 saturated carbocycles. The molecule has 2 heterocycles. The van der Waals surface area contributed by atoms with E-state index in [4.69, 9.17) is 25.8 Å². The van der Waals surface area contributed by atoms with E-state index in [1.165, 1.54) is 0 Å². The van der Waals surface area contributed by atoms with Crippen LogP contribution in [0, 0.1) is 0 Å². The van der Waals surface area contributed by atoms with Gasteiger partial charge >= 0.3 is 12.0 Å². The van der Waals surface area contributed by atoms with Crippen LogP contribution < -0.4 is 24.6 Å². The molecular weight excluding hydrogens is 614 g/mol. The summed E-state index contributed by atoms with van der Waals surface area (Å²) in [5.74, 6) is 0.707. The quantitative estimate of drug-likeness (QED) is 0.134. The minimum atomic E-state index is -1.39. The molecule has 5 aromatic rings. The number of benzene rings is 5. The second-order valence-electron chi connectivity index (χ2n) is 11.1. The number of fused-ring (bicyclic) bond motifs is 6. The van der Waals surface area contributed by atoms with E-state index in [0.717, 1.165) is 18.8 Å². The highest BCUT2D eigenvalue weighted by molar-refractivity contribution is 6.17. The van der Waals surface area contributed by atoms with E-state index >= 15 is 0 Å². The van der Waals surface area contributed by atoms with Gasteiger partial charge in [-0.15, -0.1) is 0 Å². The Morgan fingerprint density at radius 2 is 1.49 bits per heavy atom. The molecule has 0 fully saturated rings. The van der Waals surface area contributed by atoms with Gasteiger partial charge in [-0.1, -0.05) is 66.2 Å². The van der Waals surface area contributed by atoms with Crippen molar-refractivity contribution in [2.24, 2.45) is 0 Å². The number of hydrogen-bond acceptors (Lipinski definition) is 6. The summed E-state index contributed by atoms with van der Waals surface area (Å²) in [7, 11) is 0. The summed E-state index contributed by atoms with van der Waals surface area (Å²) in [6.07, 6.45) is 0. The number of nitrogens with one attached hydrogen (secondary N) is 1. The zero-order valence-corrected chi connectivity index (χ0v) is 26.7. The lowest BCUT2D eigenvalue weighted by Gasteiger charge is -2.38. The molecule has 7 rings (SSSR count). The zero-order chi connectivity index (χ0) is 32.5. The number of carbonyl (C=O) groups is 2. The van der Waals surface area contributed by atoms with E-state index in [2.05, 4.69) is 24.1 Å². The highest BCUT2D eigenvalue weighted by atomic mass is 35.5. The van der Waals surface area contributed by atoms with Crippen molar-refractivity contribution in [3.05, 3.63) is 138 Å². The Morgan fingerprint density at radius 3 is 2.21 bits per heavy atom. The highest BCUT2D eigenvalue weighted by Crippen LogP contribution is 2.59. The van der Waals surface area contributed by atoms with Gasteiger partial charge in [0.05, 0.1) is 22.5 Å². The van der Waals surface area contributed by atoms with Gasteiger partial charge in [-0.3, -0.25) is 4.90 Å². The Labute approximate surface area is 278 Å². The van der Waals surface area contributed by atoms with Crippen LogP contribution in [0.5, 0.6) is 17.2 Å². The average molecular weight is 646 g/mol. The molecule has 236 valence electrons. The van der Waals surface area contributed by atoms with Gasteiger partial charge in [-0.05, 0) is 62.4 Å². The number of esters is 1. The first-order valence-corrected chi connectivity index (χ1v) is 16.0. The van der Waals surface area contributed by atoms with Crippen LogP contribution in [0.1, 0.15) is 40.9 Å². The molecule has 9 heteroatoms. The summed E-state index contributed by atoms with van der Waals surface area (Å²) < 4.78 is 19.1. The average Bonchev–Trinajstić information content (AvgIpc) is 3.39. The zero-order valence-electron chi connectivity index (χ0n) is 25.9. The lowest BCUT2D eigenvalue weighted by atomic mass is 9.77. The molecule has 0 radical (unpaired) electrons. The van der Waals surface area contributed by atoms with E-state index in [9.17, 15) is 9.59 Å². The number of rotatable bonds is 8. The number of urea groups is 1. The molecule has 1 N–H and O–H groups in total. The standard InChI is InChI=1S/C38H32ClN3O5/c1-3-41(4-2)27-19-20-31-33(22-27)46-35-32(38(31)30-18-12-11-17-29(30)36(43)47-38)21-28(23-34(35)45-24-39)42(26-15-9-6-10-16-26)37(44)40-25-13-7-5-8-14-25/h5-23H,3-4,24H2,1-2H3,(H,40,44). The third-order valence-corrected chi connectivity index (χ3v) is 8.70. The second kappa shape index (κ2) is 12.4. The van der Waals surface area contributed by atoms with Crippen LogP contribution in [-0.4, -0.2) is 31.2 Å². The van der Waals surface area contributed by atoms with Gasteiger partial charge in [0.2, 0.25) is 0 Å². The Hall–Kier alpha value is -5.47. The van der Waals surface area contributed by atoms with Crippen molar-refractivity contribution in [2.45, 2.75) is 19.4 Å². The fourth-order valence-electron chi connectivity index (χ4n) is 6.46. The monoisotopic (exact) mass is 645 g/mol. The number of alkyl halides is 1. The van der Waals surface area contributed by atoms with E-state index < -0.39 is 17.6 Å². The molecule has 1 spiro atoms. The molecule has 2 aliphatic rings. The molecule has 0 aliphatic carbocycles. The molecule has 8 nitrogen and oxygen atoms in total. The van der Waals surface area contributed by atoms with Crippen LogP contribution in [0.4, 0.5) is 27.5 Å². The summed E-state index contributed by atoms with van der Waals surface area (Å²) >= 11 is 6.19. The summed E-state index contributed by atoms with van der Waals surface area (Å²) in [5.41, 5.74) is 3.55. The van der Waals surface area contributed by atoms with Crippen LogP contribution in [0.2, 0.25) is 0 Å².